The number of aliphatic hydroxyl groups is 1. The Labute approximate surface area is 167 Å². The molecule has 2 saturated heterocycles. The zero-order chi connectivity index (χ0) is 19.3. The Balaban J connectivity index is 1.37. The van der Waals surface area contributed by atoms with Crippen LogP contribution in [-0.2, 0) is 0 Å². The second-order valence-corrected chi connectivity index (χ2v) is 7.95. The number of aliphatic hydroxyl groups excluding tert-OH is 1. The molecule has 148 valence electrons. The summed E-state index contributed by atoms with van der Waals surface area (Å²) in [7, 11) is 0. The van der Waals surface area contributed by atoms with Gasteiger partial charge in [0, 0.05) is 32.4 Å². The van der Waals surface area contributed by atoms with Crippen LogP contribution in [0.1, 0.15) is 53.9 Å². The minimum absolute atomic E-state index is 0.0850. The van der Waals surface area contributed by atoms with Crippen LogP contribution >= 0.6 is 0 Å². The molecule has 2 fully saturated rings. The van der Waals surface area contributed by atoms with Crippen LogP contribution in [0, 0.1) is 0 Å². The average Bonchev–Trinajstić information content (AvgIpc) is 3.01. The molecule has 1 N–H and O–H groups in total. The summed E-state index contributed by atoms with van der Waals surface area (Å²) in [6, 6.07) is 14.5. The third-order valence-electron chi connectivity index (χ3n) is 6.07. The number of likely N-dealkylation sites (tertiary alicyclic amines) is 1. The van der Waals surface area contributed by atoms with E-state index in [9.17, 15) is 9.90 Å². The average molecular weight is 380 g/mol. The SMILES string of the molecule is O=C(c1ccc(N2CCC(O)CC2)nc1)N1CCCC(c2ccccc2)CC1. The lowest BCUT2D eigenvalue weighted by atomic mass is 9.92. The van der Waals surface area contributed by atoms with Crippen LogP contribution in [0.4, 0.5) is 5.82 Å². The Morgan fingerprint density at radius 2 is 1.71 bits per heavy atom. The lowest BCUT2D eigenvalue weighted by Crippen LogP contribution is -2.36. The van der Waals surface area contributed by atoms with Gasteiger partial charge in [-0.1, -0.05) is 30.3 Å². The van der Waals surface area contributed by atoms with E-state index in [1.54, 1.807) is 6.20 Å². The Kier molecular flexibility index (Phi) is 5.91. The van der Waals surface area contributed by atoms with Gasteiger partial charge in [0.2, 0.25) is 0 Å². The number of anilines is 1. The first-order chi connectivity index (χ1) is 13.7. The minimum atomic E-state index is -0.195. The molecule has 5 nitrogen and oxygen atoms in total. The van der Waals surface area contributed by atoms with Crippen molar-refractivity contribution >= 4 is 11.7 Å². The van der Waals surface area contributed by atoms with Gasteiger partial charge in [-0.05, 0) is 55.7 Å². The normalized spacial score (nSPS) is 21.4. The van der Waals surface area contributed by atoms with Gasteiger partial charge >= 0.3 is 0 Å². The highest BCUT2D eigenvalue weighted by molar-refractivity contribution is 5.94. The van der Waals surface area contributed by atoms with E-state index >= 15 is 0 Å². The number of carbonyl (C=O) groups excluding carboxylic acids is 1. The van der Waals surface area contributed by atoms with Gasteiger partial charge in [-0.25, -0.2) is 4.98 Å². The topological polar surface area (TPSA) is 56.7 Å². The molecule has 5 heteroatoms. The maximum absolute atomic E-state index is 13.0. The van der Waals surface area contributed by atoms with Gasteiger partial charge in [0.1, 0.15) is 5.82 Å². The molecular formula is C23H29N3O2. The fourth-order valence-electron chi connectivity index (χ4n) is 4.34. The second kappa shape index (κ2) is 8.74. The molecule has 2 aliphatic heterocycles. The van der Waals surface area contributed by atoms with Crippen molar-refractivity contribution in [3.8, 4) is 0 Å². The number of rotatable bonds is 3. The third kappa shape index (κ3) is 4.36. The molecular weight excluding hydrogens is 350 g/mol. The summed E-state index contributed by atoms with van der Waals surface area (Å²) in [5.41, 5.74) is 2.05. The molecule has 1 atom stereocenters. The summed E-state index contributed by atoms with van der Waals surface area (Å²) in [4.78, 5) is 21.7. The van der Waals surface area contributed by atoms with E-state index in [0.717, 1.165) is 64.1 Å². The first-order valence-electron chi connectivity index (χ1n) is 10.4. The van der Waals surface area contributed by atoms with E-state index in [-0.39, 0.29) is 12.0 Å². The molecule has 2 aliphatic rings. The molecule has 0 radical (unpaired) electrons. The largest absolute Gasteiger partial charge is 0.393 e. The van der Waals surface area contributed by atoms with Crippen molar-refractivity contribution in [1.29, 1.82) is 0 Å². The van der Waals surface area contributed by atoms with E-state index in [0.29, 0.717) is 11.5 Å². The molecule has 0 bridgehead atoms. The molecule has 2 aromatic rings. The third-order valence-corrected chi connectivity index (χ3v) is 6.07. The zero-order valence-corrected chi connectivity index (χ0v) is 16.3. The first kappa shape index (κ1) is 18.9. The number of carbonyl (C=O) groups is 1. The predicted molar refractivity (Wildman–Crippen MR) is 111 cm³/mol. The van der Waals surface area contributed by atoms with Crippen molar-refractivity contribution in [3.05, 3.63) is 59.8 Å². The predicted octanol–water partition coefficient (Wildman–Crippen LogP) is 3.45. The lowest BCUT2D eigenvalue weighted by Gasteiger charge is -2.30. The Morgan fingerprint density at radius 3 is 2.43 bits per heavy atom. The molecule has 3 heterocycles. The standard InChI is InChI=1S/C23H29N3O2/c27-21-11-15-25(16-12-21)22-9-8-20(17-24-22)23(28)26-13-4-7-19(10-14-26)18-5-2-1-3-6-18/h1-3,5-6,8-9,17,19,21,27H,4,7,10-16H2. The van der Waals surface area contributed by atoms with E-state index in [2.05, 4.69) is 40.2 Å². The fraction of sp³-hybridized carbons (Fsp3) is 0.478. The summed E-state index contributed by atoms with van der Waals surface area (Å²) in [6.07, 6.45) is 6.25. The van der Waals surface area contributed by atoms with Gasteiger partial charge in [-0.2, -0.15) is 0 Å². The minimum Gasteiger partial charge on any atom is -0.393 e. The summed E-state index contributed by atoms with van der Waals surface area (Å²) in [6.45, 7) is 3.24. The number of pyridine rings is 1. The van der Waals surface area contributed by atoms with Crippen LogP contribution in [0.25, 0.3) is 0 Å². The van der Waals surface area contributed by atoms with Crippen LogP contribution < -0.4 is 4.90 Å². The highest BCUT2D eigenvalue weighted by atomic mass is 16.3. The summed E-state index contributed by atoms with van der Waals surface area (Å²) < 4.78 is 0. The summed E-state index contributed by atoms with van der Waals surface area (Å²) >= 11 is 0. The summed E-state index contributed by atoms with van der Waals surface area (Å²) in [5, 5.41) is 9.65. The van der Waals surface area contributed by atoms with Gasteiger partial charge in [0.25, 0.3) is 5.91 Å². The maximum atomic E-state index is 13.0. The van der Waals surface area contributed by atoms with Crippen molar-refractivity contribution in [3.63, 3.8) is 0 Å². The van der Waals surface area contributed by atoms with E-state index in [4.69, 9.17) is 0 Å². The van der Waals surface area contributed by atoms with E-state index in [1.165, 1.54) is 5.56 Å². The molecule has 0 saturated carbocycles. The number of hydrogen-bond donors (Lipinski definition) is 1. The van der Waals surface area contributed by atoms with E-state index < -0.39 is 0 Å². The quantitative estimate of drug-likeness (QED) is 0.887. The smallest absolute Gasteiger partial charge is 0.255 e. The number of nitrogens with zero attached hydrogens (tertiary/aromatic N) is 3. The zero-order valence-electron chi connectivity index (χ0n) is 16.3. The van der Waals surface area contributed by atoms with Gasteiger partial charge < -0.3 is 14.9 Å². The Morgan fingerprint density at radius 1 is 0.929 bits per heavy atom. The van der Waals surface area contributed by atoms with Crippen LogP contribution in [0.15, 0.2) is 48.7 Å². The monoisotopic (exact) mass is 379 g/mol. The van der Waals surface area contributed by atoms with Crippen molar-refractivity contribution in [1.82, 2.24) is 9.88 Å². The van der Waals surface area contributed by atoms with Gasteiger partial charge in [0.15, 0.2) is 0 Å². The molecule has 1 amide bonds. The number of piperidine rings is 1. The number of amides is 1. The Hall–Kier alpha value is -2.40. The van der Waals surface area contributed by atoms with Gasteiger partial charge in [-0.3, -0.25) is 4.79 Å². The maximum Gasteiger partial charge on any atom is 0.255 e. The van der Waals surface area contributed by atoms with Crippen molar-refractivity contribution in [2.24, 2.45) is 0 Å². The molecule has 1 unspecified atom stereocenters. The fourth-order valence-corrected chi connectivity index (χ4v) is 4.34. The Bertz CT molecular complexity index is 770. The van der Waals surface area contributed by atoms with Gasteiger partial charge in [0.05, 0.1) is 11.7 Å². The highest BCUT2D eigenvalue weighted by Crippen LogP contribution is 2.28. The first-order valence-corrected chi connectivity index (χ1v) is 10.4. The molecule has 0 spiro atoms. The second-order valence-electron chi connectivity index (χ2n) is 7.95. The molecule has 4 rings (SSSR count). The highest BCUT2D eigenvalue weighted by Gasteiger charge is 2.23. The van der Waals surface area contributed by atoms with E-state index in [1.807, 2.05) is 17.0 Å². The van der Waals surface area contributed by atoms with Crippen LogP contribution in [0.2, 0.25) is 0 Å². The molecule has 0 aliphatic carbocycles. The lowest BCUT2D eigenvalue weighted by molar-refractivity contribution is 0.0760. The number of hydrogen-bond acceptors (Lipinski definition) is 4. The van der Waals surface area contributed by atoms with Crippen molar-refractivity contribution in [2.75, 3.05) is 31.1 Å². The van der Waals surface area contributed by atoms with Gasteiger partial charge in [-0.15, -0.1) is 0 Å². The molecule has 1 aromatic carbocycles. The summed E-state index contributed by atoms with van der Waals surface area (Å²) in [5.74, 6) is 1.51. The van der Waals surface area contributed by atoms with Crippen molar-refractivity contribution in [2.45, 2.75) is 44.1 Å². The molecule has 28 heavy (non-hydrogen) atoms. The molecule has 1 aromatic heterocycles. The van der Waals surface area contributed by atoms with Crippen LogP contribution in [0.5, 0.6) is 0 Å². The number of aromatic nitrogens is 1. The number of benzene rings is 1. The van der Waals surface area contributed by atoms with Crippen LogP contribution in [0.3, 0.4) is 0 Å². The van der Waals surface area contributed by atoms with Crippen molar-refractivity contribution < 1.29 is 9.90 Å². The van der Waals surface area contributed by atoms with Crippen LogP contribution in [-0.4, -0.2) is 53.2 Å².